The lowest BCUT2D eigenvalue weighted by atomic mass is 10.2. The summed E-state index contributed by atoms with van der Waals surface area (Å²) in [7, 11) is 1.67. The maximum atomic E-state index is 5.56. The number of methoxy groups -OCH3 is 1. The van der Waals surface area contributed by atoms with E-state index < -0.39 is 0 Å². The van der Waals surface area contributed by atoms with E-state index in [-0.39, 0.29) is 0 Å². The molecule has 8 heteroatoms. The van der Waals surface area contributed by atoms with Crippen molar-refractivity contribution in [2.24, 2.45) is 10.1 Å². The summed E-state index contributed by atoms with van der Waals surface area (Å²) in [4.78, 5) is 8.64. The van der Waals surface area contributed by atoms with Gasteiger partial charge in [-0.3, -0.25) is 4.99 Å². The molecule has 0 saturated carbocycles. The fraction of sp³-hybridized carbons (Fsp3) is 0.158. The molecule has 0 aliphatic heterocycles. The van der Waals surface area contributed by atoms with Crippen LogP contribution in [0.25, 0.3) is 22.4 Å². The molecular weight excluding hydrogens is 428 g/mol. The fourth-order valence-corrected chi connectivity index (χ4v) is 3.89. The molecule has 4 aromatic rings. The van der Waals surface area contributed by atoms with Crippen LogP contribution in [0, 0.1) is 0 Å². The monoisotopic (exact) mass is 444 g/mol. The van der Waals surface area contributed by atoms with Crippen molar-refractivity contribution < 1.29 is 9.15 Å². The Balaban J connectivity index is 1.77. The molecule has 1 N–H and O–H groups in total. The number of aromatic nitrogens is 2. The highest BCUT2D eigenvalue weighted by Gasteiger charge is 2.10. The van der Waals surface area contributed by atoms with Gasteiger partial charge in [0.15, 0.2) is 5.76 Å². The van der Waals surface area contributed by atoms with Gasteiger partial charge in [-0.1, -0.05) is 15.9 Å². The highest BCUT2D eigenvalue weighted by Crippen LogP contribution is 2.23. The normalized spacial score (nSPS) is 12.6. The molecule has 0 amide bonds. The van der Waals surface area contributed by atoms with Crippen LogP contribution in [-0.2, 0) is 4.74 Å². The van der Waals surface area contributed by atoms with Crippen molar-refractivity contribution in [2.45, 2.75) is 0 Å². The molecule has 0 aliphatic rings. The topological polar surface area (TPSA) is 67.8 Å². The summed E-state index contributed by atoms with van der Waals surface area (Å²) in [6.07, 6.45) is 5.43. The third-order valence-electron chi connectivity index (χ3n) is 3.99. The Bertz CT molecular complexity index is 1140. The van der Waals surface area contributed by atoms with Crippen molar-refractivity contribution in [1.29, 1.82) is 0 Å². The number of thiazole rings is 1. The molecule has 0 spiro atoms. The van der Waals surface area contributed by atoms with Crippen molar-refractivity contribution in [1.82, 2.24) is 9.66 Å². The number of aromatic amines is 1. The largest absolute Gasteiger partial charge is 0.463 e. The van der Waals surface area contributed by atoms with Gasteiger partial charge < -0.3 is 14.1 Å². The van der Waals surface area contributed by atoms with Gasteiger partial charge in [0.25, 0.3) is 0 Å². The van der Waals surface area contributed by atoms with E-state index in [1.807, 2.05) is 42.1 Å². The molecule has 0 atom stereocenters. The van der Waals surface area contributed by atoms with Gasteiger partial charge in [-0.25, -0.2) is 4.68 Å². The summed E-state index contributed by atoms with van der Waals surface area (Å²) in [5, 5.41) is 7.79. The number of benzene rings is 1. The number of hydrogen-bond acceptors (Lipinski definition) is 5. The van der Waals surface area contributed by atoms with Crippen LogP contribution in [0.3, 0.4) is 0 Å². The van der Waals surface area contributed by atoms with Crippen LogP contribution in [-0.4, -0.2) is 36.1 Å². The third-order valence-corrected chi connectivity index (χ3v) is 5.34. The van der Waals surface area contributed by atoms with Crippen LogP contribution in [0.2, 0.25) is 0 Å². The minimum atomic E-state index is 0.564. The Labute approximate surface area is 168 Å². The number of H-pyrrole nitrogens is 1. The highest BCUT2D eigenvalue weighted by atomic mass is 79.9. The molecule has 138 valence electrons. The minimum Gasteiger partial charge on any atom is -0.463 e. The number of fused-ring (bicyclic) bond motifs is 1. The number of ether oxygens (including phenoxy) is 1. The average Bonchev–Trinajstić information content (AvgIpc) is 3.40. The molecule has 3 aromatic heterocycles. The first-order valence-electron chi connectivity index (χ1n) is 8.31. The lowest BCUT2D eigenvalue weighted by Crippen LogP contribution is -2.13. The van der Waals surface area contributed by atoms with E-state index in [2.05, 4.69) is 32.0 Å². The molecule has 4 rings (SSSR count). The maximum absolute atomic E-state index is 5.56. The highest BCUT2D eigenvalue weighted by molar-refractivity contribution is 9.10. The summed E-state index contributed by atoms with van der Waals surface area (Å²) < 4.78 is 13.5. The number of furan rings is 1. The molecule has 0 bridgehead atoms. The third kappa shape index (κ3) is 3.83. The maximum Gasteiger partial charge on any atom is 0.206 e. The molecule has 0 aliphatic carbocycles. The second kappa shape index (κ2) is 8.08. The summed E-state index contributed by atoms with van der Waals surface area (Å²) in [6, 6.07) is 9.89. The van der Waals surface area contributed by atoms with Crippen LogP contribution in [0.4, 0.5) is 0 Å². The Morgan fingerprint density at radius 1 is 1.37 bits per heavy atom. The molecule has 0 fully saturated rings. The summed E-state index contributed by atoms with van der Waals surface area (Å²) in [6.45, 7) is 1.14. The van der Waals surface area contributed by atoms with Crippen molar-refractivity contribution in [3.8, 4) is 11.5 Å². The number of rotatable bonds is 6. The number of halogens is 1. The van der Waals surface area contributed by atoms with E-state index in [1.54, 1.807) is 18.0 Å². The summed E-state index contributed by atoms with van der Waals surface area (Å²) in [5.74, 6) is 0.748. The van der Waals surface area contributed by atoms with Crippen molar-refractivity contribution in [3.63, 3.8) is 0 Å². The second-order valence-electron chi connectivity index (χ2n) is 5.75. The SMILES string of the molecule is COCCN=c1scc(-c2ccco2)n1/N=C/c1c[nH]c2ccc(Br)cc12. The molecule has 0 radical (unpaired) electrons. The lowest BCUT2D eigenvalue weighted by molar-refractivity contribution is 0.207. The van der Waals surface area contributed by atoms with Gasteiger partial charge in [0.2, 0.25) is 4.80 Å². The van der Waals surface area contributed by atoms with Crippen LogP contribution in [0.5, 0.6) is 0 Å². The van der Waals surface area contributed by atoms with Gasteiger partial charge >= 0.3 is 0 Å². The molecule has 0 unspecified atom stereocenters. The first-order valence-corrected chi connectivity index (χ1v) is 9.98. The lowest BCUT2D eigenvalue weighted by Gasteiger charge is -2.00. The Kier molecular flexibility index (Phi) is 5.38. The second-order valence-corrected chi connectivity index (χ2v) is 7.50. The standard InChI is InChI=1S/C19H17BrN4O2S/c1-25-8-6-21-19-24(17(12-27-19)18-3-2-7-26-18)23-11-13-10-22-16-5-4-14(20)9-15(13)16/h2-5,7,9-12,22H,6,8H2,1H3/b21-19?,23-11+. The molecule has 6 nitrogen and oxygen atoms in total. The van der Waals surface area contributed by atoms with Crippen LogP contribution in [0.1, 0.15) is 5.56 Å². The number of nitrogens with one attached hydrogen (secondary N) is 1. The zero-order chi connectivity index (χ0) is 18.6. The minimum absolute atomic E-state index is 0.564. The van der Waals surface area contributed by atoms with E-state index in [0.29, 0.717) is 13.2 Å². The van der Waals surface area contributed by atoms with Gasteiger partial charge in [0.05, 0.1) is 25.6 Å². The van der Waals surface area contributed by atoms with Crippen molar-refractivity contribution >= 4 is 44.4 Å². The molecule has 0 saturated heterocycles. The van der Waals surface area contributed by atoms with Gasteiger partial charge in [0.1, 0.15) is 5.69 Å². The fourth-order valence-electron chi connectivity index (χ4n) is 2.69. The van der Waals surface area contributed by atoms with Crippen molar-refractivity contribution in [3.05, 3.63) is 63.0 Å². The molecule has 1 aromatic carbocycles. The Morgan fingerprint density at radius 2 is 2.30 bits per heavy atom. The average molecular weight is 445 g/mol. The van der Waals surface area contributed by atoms with Crippen LogP contribution < -0.4 is 4.80 Å². The van der Waals surface area contributed by atoms with Gasteiger partial charge in [0, 0.05) is 39.6 Å². The van der Waals surface area contributed by atoms with Crippen LogP contribution in [0.15, 0.2) is 67.2 Å². The Hall–Kier alpha value is -2.42. The van der Waals surface area contributed by atoms with E-state index in [4.69, 9.17) is 14.3 Å². The summed E-state index contributed by atoms with van der Waals surface area (Å²) >= 11 is 5.04. The van der Waals surface area contributed by atoms with E-state index in [1.165, 1.54) is 11.3 Å². The molecular formula is C19H17BrN4O2S. The van der Waals surface area contributed by atoms with E-state index >= 15 is 0 Å². The van der Waals surface area contributed by atoms with E-state index in [9.17, 15) is 0 Å². The smallest absolute Gasteiger partial charge is 0.206 e. The van der Waals surface area contributed by atoms with Gasteiger partial charge in [-0.2, -0.15) is 5.10 Å². The zero-order valence-electron chi connectivity index (χ0n) is 14.6. The summed E-state index contributed by atoms with van der Waals surface area (Å²) in [5.41, 5.74) is 2.92. The molecule has 27 heavy (non-hydrogen) atoms. The quantitative estimate of drug-likeness (QED) is 0.351. The zero-order valence-corrected chi connectivity index (χ0v) is 17.0. The first kappa shape index (κ1) is 18.0. The predicted molar refractivity (Wildman–Crippen MR) is 111 cm³/mol. The Morgan fingerprint density at radius 3 is 3.11 bits per heavy atom. The van der Waals surface area contributed by atoms with E-state index in [0.717, 1.165) is 37.2 Å². The molecule has 3 heterocycles. The number of hydrogen-bond donors (Lipinski definition) is 1. The van der Waals surface area contributed by atoms with Crippen LogP contribution >= 0.6 is 27.3 Å². The first-order chi connectivity index (χ1) is 13.3. The predicted octanol–water partition coefficient (Wildman–Crippen LogP) is 4.48. The van der Waals surface area contributed by atoms with Gasteiger partial charge in [-0.05, 0) is 30.3 Å². The van der Waals surface area contributed by atoms with Crippen molar-refractivity contribution in [2.75, 3.05) is 20.3 Å². The van der Waals surface area contributed by atoms with Gasteiger partial charge in [-0.15, -0.1) is 11.3 Å². The number of nitrogens with zero attached hydrogens (tertiary/aromatic N) is 3.